The lowest BCUT2D eigenvalue weighted by Crippen LogP contribution is -2.17. The number of ether oxygens (including phenoxy) is 1. The molecule has 0 amide bonds. The van der Waals surface area contributed by atoms with E-state index in [1.165, 1.54) is 6.08 Å². The Bertz CT molecular complexity index is 346. The fraction of sp³-hybridized carbons (Fsp3) is 0.182. The molecule has 80 valence electrons. The third-order valence-corrected chi connectivity index (χ3v) is 2.31. The van der Waals surface area contributed by atoms with Crippen molar-refractivity contribution in [1.82, 2.24) is 0 Å². The molecule has 0 aliphatic carbocycles. The van der Waals surface area contributed by atoms with Crippen LogP contribution in [0.1, 0.15) is 10.4 Å². The van der Waals surface area contributed by atoms with E-state index < -0.39 is 12.1 Å². The van der Waals surface area contributed by atoms with E-state index in [4.69, 9.17) is 27.9 Å². The van der Waals surface area contributed by atoms with Gasteiger partial charge in [-0.2, -0.15) is 0 Å². The SMILES string of the molecule is C=CC(CCl)OC(=O)c1ccc(Cl)cc1. The molecule has 4 heteroatoms. The van der Waals surface area contributed by atoms with Gasteiger partial charge in [0.2, 0.25) is 0 Å². The molecular formula is C11H10Cl2O2. The Morgan fingerprint density at radius 1 is 1.47 bits per heavy atom. The van der Waals surface area contributed by atoms with Crippen molar-refractivity contribution in [1.29, 1.82) is 0 Å². The topological polar surface area (TPSA) is 26.3 Å². The maximum Gasteiger partial charge on any atom is 0.338 e. The lowest BCUT2D eigenvalue weighted by Gasteiger charge is -2.10. The van der Waals surface area contributed by atoms with Gasteiger partial charge in [0.25, 0.3) is 0 Å². The molecule has 15 heavy (non-hydrogen) atoms. The second-order valence-corrected chi connectivity index (χ2v) is 3.59. The molecule has 0 radical (unpaired) electrons. The zero-order valence-electron chi connectivity index (χ0n) is 7.95. The van der Waals surface area contributed by atoms with Crippen molar-refractivity contribution in [2.45, 2.75) is 6.10 Å². The molecule has 0 aliphatic heterocycles. The summed E-state index contributed by atoms with van der Waals surface area (Å²) in [5.41, 5.74) is 0.441. The molecule has 0 saturated carbocycles. The van der Waals surface area contributed by atoms with E-state index >= 15 is 0 Å². The largest absolute Gasteiger partial charge is 0.453 e. The van der Waals surface area contributed by atoms with Crippen molar-refractivity contribution in [3.8, 4) is 0 Å². The third kappa shape index (κ3) is 3.57. The molecule has 1 rings (SSSR count). The molecule has 0 heterocycles. The van der Waals surface area contributed by atoms with Gasteiger partial charge in [-0.1, -0.05) is 24.3 Å². The van der Waals surface area contributed by atoms with Gasteiger partial charge < -0.3 is 4.74 Å². The van der Waals surface area contributed by atoms with E-state index in [-0.39, 0.29) is 5.88 Å². The van der Waals surface area contributed by atoms with Crippen LogP contribution in [0.25, 0.3) is 0 Å². The van der Waals surface area contributed by atoms with Crippen molar-refractivity contribution in [3.05, 3.63) is 47.5 Å². The normalized spacial score (nSPS) is 11.9. The molecule has 1 unspecified atom stereocenters. The highest BCUT2D eigenvalue weighted by molar-refractivity contribution is 6.30. The van der Waals surface area contributed by atoms with Gasteiger partial charge in [0.15, 0.2) is 0 Å². The molecule has 1 atom stereocenters. The van der Waals surface area contributed by atoms with Crippen molar-refractivity contribution < 1.29 is 9.53 Å². The summed E-state index contributed by atoms with van der Waals surface area (Å²) in [5.74, 6) is -0.236. The molecule has 0 N–H and O–H groups in total. The number of hydrogen-bond donors (Lipinski definition) is 0. The Kier molecular flexibility index (Phi) is 4.66. The van der Waals surface area contributed by atoms with Gasteiger partial charge in [-0.05, 0) is 24.3 Å². The first-order chi connectivity index (χ1) is 7.17. The molecule has 1 aromatic carbocycles. The Labute approximate surface area is 98.4 Å². The van der Waals surface area contributed by atoms with Gasteiger partial charge >= 0.3 is 5.97 Å². The van der Waals surface area contributed by atoms with Crippen LogP contribution in [0.3, 0.4) is 0 Å². The minimum absolute atomic E-state index is 0.197. The van der Waals surface area contributed by atoms with Crippen LogP contribution in [-0.4, -0.2) is 18.0 Å². The van der Waals surface area contributed by atoms with Crippen LogP contribution in [-0.2, 0) is 4.74 Å². The average Bonchev–Trinajstić information content (AvgIpc) is 2.26. The molecule has 0 bridgehead atoms. The monoisotopic (exact) mass is 244 g/mol. The average molecular weight is 245 g/mol. The van der Waals surface area contributed by atoms with Crippen molar-refractivity contribution in [2.75, 3.05) is 5.88 Å². The van der Waals surface area contributed by atoms with Crippen LogP contribution < -0.4 is 0 Å². The first-order valence-electron chi connectivity index (χ1n) is 4.32. The molecule has 0 saturated heterocycles. The van der Waals surface area contributed by atoms with Gasteiger partial charge in [-0.15, -0.1) is 11.6 Å². The van der Waals surface area contributed by atoms with E-state index in [9.17, 15) is 4.79 Å². The van der Waals surface area contributed by atoms with Crippen LogP contribution in [0.4, 0.5) is 0 Å². The van der Waals surface area contributed by atoms with Crippen molar-refractivity contribution in [2.24, 2.45) is 0 Å². The summed E-state index contributed by atoms with van der Waals surface area (Å²) in [5, 5.41) is 0.573. The molecule has 1 aromatic rings. The summed E-state index contributed by atoms with van der Waals surface area (Å²) in [6.07, 6.45) is 1.02. The number of rotatable bonds is 4. The van der Waals surface area contributed by atoms with Crippen molar-refractivity contribution in [3.63, 3.8) is 0 Å². The van der Waals surface area contributed by atoms with Crippen LogP contribution in [0.2, 0.25) is 5.02 Å². The van der Waals surface area contributed by atoms with Gasteiger partial charge in [0, 0.05) is 5.02 Å². The third-order valence-electron chi connectivity index (χ3n) is 1.75. The van der Waals surface area contributed by atoms with Crippen LogP contribution in [0.15, 0.2) is 36.9 Å². The smallest absolute Gasteiger partial charge is 0.338 e. The number of carbonyl (C=O) groups is 1. The summed E-state index contributed by atoms with van der Waals surface area (Å²) in [7, 11) is 0. The van der Waals surface area contributed by atoms with Gasteiger partial charge in [-0.3, -0.25) is 0 Å². The summed E-state index contributed by atoms with van der Waals surface area (Å²) in [4.78, 5) is 11.5. The van der Waals surface area contributed by atoms with Crippen molar-refractivity contribution >= 4 is 29.2 Å². The highest BCUT2D eigenvalue weighted by Gasteiger charge is 2.11. The number of alkyl halides is 1. The maximum atomic E-state index is 11.5. The second-order valence-electron chi connectivity index (χ2n) is 2.84. The molecule has 2 nitrogen and oxygen atoms in total. The van der Waals surface area contributed by atoms with Crippen LogP contribution in [0, 0.1) is 0 Å². The maximum absolute atomic E-state index is 11.5. The quantitative estimate of drug-likeness (QED) is 0.462. The number of halogens is 2. The van der Waals surface area contributed by atoms with Gasteiger partial charge in [0.1, 0.15) is 6.10 Å². The predicted octanol–water partition coefficient (Wildman–Crippen LogP) is 3.29. The Morgan fingerprint density at radius 2 is 2.07 bits per heavy atom. The molecular weight excluding hydrogens is 235 g/mol. The lowest BCUT2D eigenvalue weighted by atomic mass is 10.2. The van der Waals surface area contributed by atoms with Gasteiger partial charge in [0.05, 0.1) is 11.4 Å². The summed E-state index contributed by atoms with van der Waals surface area (Å²) < 4.78 is 5.04. The first kappa shape index (κ1) is 12.1. The highest BCUT2D eigenvalue weighted by atomic mass is 35.5. The fourth-order valence-electron chi connectivity index (χ4n) is 0.934. The first-order valence-corrected chi connectivity index (χ1v) is 5.23. The zero-order chi connectivity index (χ0) is 11.3. The summed E-state index contributed by atoms with van der Waals surface area (Å²) in [6.45, 7) is 3.51. The number of benzene rings is 1. The molecule has 0 fully saturated rings. The van der Waals surface area contributed by atoms with E-state index in [1.807, 2.05) is 0 Å². The minimum atomic E-state index is -0.463. The van der Waals surface area contributed by atoms with Gasteiger partial charge in [-0.25, -0.2) is 4.79 Å². The Hall–Kier alpha value is -0.990. The molecule has 0 aliphatic rings. The Balaban J connectivity index is 2.68. The van der Waals surface area contributed by atoms with E-state index in [0.29, 0.717) is 10.6 Å². The fourth-order valence-corrected chi connectivity index (χ4v) is 1.25. The molecule has 0 aromatic heterocycles. The number of hydrogen-bond acceptors (Lipinski definition) is 2. The second kappa shape index (κ2) is 5.79. The van der Waals surface area contributed by atoms with E-state index in [2.05, 4.69) is 6.58 Å². The molecule has 0 spiro atoms. The highest BCUT2D eigenvalue weighted by Crippen LogP contribution is 2.11. The zero-order valence-corrected chi connectivity index (χ0v) is 9.46. The summed E-state index contributed by atoms with van der Waals surface area (Å²) in [6, 6.07) is 6.45. The lowest BCUT2D eigenvalue weighted by molar-refractivity contribution is 0.0430. The number of carbonyl (C=O) groups excluding carboxylic acids is 1. The van der Waals surface area contributed by atoms with Crippen LogP contribution in [0.5, 0.6) is 0 Å². The summed E-state index contributed by atoms with van der Waals surface area (Å²) >= 11 is 11.2. The number of esters is 1. The predicted molar refractivity (Wildman–Crippen MR) is 61.6 cm³/mol. The van der Waals surface area contributed by atoms with E-state index in [1.54, 1.807) is 24.3 Å². The standard InChI is InChI=1S/C11H10Cl2O2/c1-2-10(7-12)15-11(14)8-3-5-9(13)6-4-8/h2-6,10H,1,7H2. The minimum Gasteiger partial charge on any atom is -0.453 e. The Morgan fingerprint density at radius 3 is 2.53 bits per heavy atom. The van der Waals surface area contributed by atoms with E-state index in [0.717, 1.165) is 0 Å². The van der Waals surface area contributed by atoms with Crippen LogP contribution >= 0.6 is 23.2 Å².